The minimum Gasteiger partial charge on any atom is -0.481 e. The van der Waals surface area contributed by atoms with Gasteiger partial charge >= 0.3 is 18.0 Å². The average molecular weight is 301 g/mol. The van der Waals surface area contributed by atoms with Gasteiger partial charge < -0.3 is 19.9 Å². The SMILES string of the molecule is CCC(=O)OCCOC(=O)NCC1CCC(C(=O)O)CC1. The van der Waals surface area contributed by atoms with Crippen LogP contribution >= 0.6 is 0 Å². The fourth-order valence-corrected chi connectivity index (χ4v) is 2.28. The predicted molar refractivity (Wildman–Crippen MR) is 73.7 cm³/mol. The second kappa shape index (κ2) is 9.20. The summed E-state index contributed by atoms with van der Waals surface area (Å²) in [5.41, 5.74) is 0. The predicted octanol–water partition coefficient (Wildman–Crippen LogP) is 1.56. The molecule has 1 aliphatic rings. The Bertz CT molecular complexity index is 362. The standard InChI is InChI=1S/C14H23NO6/c1-2-12(16)20-7-8-21-14(19)15-9-10-3-5-11(6-4-10)13(17)18/h10-11H,2-9H2,1H3,(H,15,19)(H,17,18). The Balaban J connectivity index is 2.06. The molecule has 0 aromatic rings. The molecule has 120 valence electrons. The lowest BCUT2D eigenvalue weighted by Crippen LogP contribution is -2.33. The van der Waals surface area contributed by atoms with Crippen molar-refractivity contribution in [2.45, 2.75) is 39.0 Å². The van der Waals surface area contributed by atoms with Crippen molar-refractivity contribution in [3.05, 3.63) is 0 Å². The zero-order chi connectivity index (χ0) is 15.7. The van der Waals surface area contributed by atoms with E-state index in [9.17, 15) is 14.4 Å². The van der Waals surface area contributed by atoms with Gasteiger partial charge in [-0.05, 0) is 31.6 Å². The van der Waals surface area contributed by atoms with Crippen LogP contribution in [0, 0.1) is 11.8 Å². The molecule has 1 amide bonds. The first-order chi connectivity index (χ1) is 10.0. The van der Waals surface area contributed by atoms with E-state index in [1.54, 1.807) is 6.92 Å². The van der Waals surface area contributed by atoms with Gasteiger partial charge in [0.15, 0.2) is 0 Å². The van der Waals surface area contributed by atoms with E-state index in [2.05, 4.69) is 5.32 Å². The van der Waals surface area contributed by atoms with Crippen LogP contribution in [0.3, 0.4) is 0 Å². The van der Waals surface area contributed by atoms with Gasteiger partial charge in [0, 0.05) is 13.0 Å². The number of hydrogen-bond acceptors (Lipinski definition) is 5. The van der Waals surface area contributed by atoms with Gasteiger partial charge in [-0.15, -0.1) is 0 Å². The summed E-state index contributed by atoms with van der Waals surface area (Å²) >= 11 is 0. The first-order valence-electron chi connectivity index (χ1n) is 7.32. The maximum absolute atomic E-state index is 11.4. The molecule has 21 heavy (non-hydrogen) atoms. The molecule has 1 rings (SSSR count). The fraction of sp³-hybridized carbons (Fsp3) is 0.786. The molecule has 0 aromatic heterocycles. The van der Waals surface area contributed by atoms with Crippen molar-refractivity contribution < 1.29 is 29.0 Å². The van der Waals surface area contributed by atoms with E-state index in [0.29, 0.717) is 31.7 Å². The normalized spacial score (nSPS) is 21.4. The van der Waals surface area contributed by atoms with Crippen LogP contribution in [0.1, 0.15) is 39.0 Å². The Kier molecular flexibility index (Phi) is 7.56. The van der Waals surface area contributed by atoms with E-state index in [-0.39, 0.29) is 25.1 Å². The highest BCUT2D eigenvalue weighted by Crippen LogP contribution is 2.28. The molecule has 0 aliphatic heterocycles. The van der Waals surface area contributed by atoms with Crippen molar-refractivity contribution in [1.82, 2.24) is 5.32 Å². The summed E-state index contributed by atoms with van der Waals surface area (Å²) in [6, 6.07) is 0. The Labute approximate surface area is 124 Å². The van der Waals surface area contributed by atoms with Crippen molar-refractivity contribution in [2.24, 2.45) is 11.8 Å². The van der Waals surface area contributed by atoms with E-state index in [1.165, 1.54) is 0 Å². The van der Waals surface area contributed by atoms with E-state index in [0.717, 1.165) is 12.8 Å². The second-order valence-corrected chi connectivity index (χ2v) is 5.15. The summed E-state index contributed by atoms with van der Waals surface area (Å²) in [4.78, 5) is 33.1. The molecule has 1 aliphatic carbocycles. The average Bonchev–Trinajstić information content (AvgIpc) is 2.49. The molecule has 0 radical (unpaired) electrons. The maximum atomic E-state index is 11.4. The second-order valence-electron chi connectivity index (χ2n) is 5.15. The Morgan fingerprint density at radius 3 is 2.29 bits per heavy atom. The number of rotatable bonds is 7. The summed E-state index contributed by atoms with van der Waals surface area (Å²) in [6.45, 7) is 2.27. The largest absolute Gasteiger partial charge is 0.481 e. The van der Waals surface area contributed by atoms with Crippen molar-refractivity contribution in [3.63, 3.8) is 0 Å². The van der Waals surface area contributed by atoms with Gasteiger partial charge in [0.05, 0.1) is 5.92 Å². The molecular formula is C14H23NO6. The number of ether oxygens (including phenoxy) is 2. The number of carbonyl (C=O) groups excluding carboxylic acids is 2. The van der Waals surface area contributed by atoms with E-state index >= 15 is 0 Å². The van der Waals surface area contributed by atoms with E-state index < -0.39 is 12.1 Å². The molecule has 7 nitrogen and oxygen atoms in total. The van der Waals surface area contributed by atoms with E-state index in [1.807, 2.05) is 0 Å². The van der Waals surface area contributed by atoms with Crippen molar-refractivity contribution in [2.75, 3.05) is 19.8 Å². The van der Waals surface area contributed by atoms with Gasteiger partial charge in [-0.2, -0.15) is 0 Å². The number of amides is 1. The number of carbonyl (C=O) groups is 3. The highest BCUT2D eigenvalue weighted by molar-refractivity contribution is 5.70. The lowest BCUT2D eigenvalue weighted by molar-refractivity contribution is -0.144. The van der Waals surface area contributed by atoms with Crippen LogP contribution in [0.25, 0.3) is 0 Å². The summed E-state index contributed by atoms with van der Waals surface area (Å²) in [7, 11) is 0. The molecule has 2 N–H and O–H groups in total. The van der Waals surface area contributed by atoms with Gasteiger partial charge in [-0.1, -0.05) is 6.92 Å². The van der Waals surface area contributed by atoms with Crippen LogP contribution in [0.15, 0.2) is 0 Å². The molecule has 0 aromatic carbocycles. The Morgan fingerprint density at radius 2 is 1.71 bits per heavy atom. The molecule has 1 fully saturated rings. The summed E-state index contributed by atoms with van der Waals surface area (Å²) < 4.78 is 9.64. The van der Waals surface area contributed by atoms with Gasteiger partial charge in [-0.3, -0.25) is 9.59 Å². The molecule has 0 spiro atoms. The van der Waals surface area contributed by atoms with Crippen LogP contribution in [-0.2, 0) is 19.1 Å². The molecule has 7 heteroatoms. The number of esters is 1. The lowest BCUT2D eigenvalue weighted by atomic mass is 9.82. The minimum absolute atomic E-state index is 0.0311. The highest BCUT2D eigenvalue weighted by Gasteiger charge is 2.26. The summed E-state index contributed by atoms with van der Waals surface area (Å²) in [6.07, 6.45) is 2.66. The smallest absolute Gasteiger partial charge is 0.407 e. The lowest BCUT2D eigenvalue weighted by Gasteiger charge is -2.25. The Hall–Kier alpha value is -1.79. The molecule has 0 heterocycles. The molecule has 1 saturated carbocycles. The van der Waals surface area contributed by atoms with Gasteiger partial charge in [0.2, 0.25) is 0 Å². The van der Waals surface area contributed by atoms with Gasteiger partial charge in [-0.25, -0.2) is 4.79 Å². The summed E-state index contributed by atoms with van der Waals surface area (Å²) in [5.74, 6) is -1.01. The first-order valence-corrected chi connectivity index (χ1v) is 7.32. The highest BCUT2D eigenvalue weighted by atomic mass is 16.6. The van der Waals surface area contributed by atoms with Crippen LogP contribution < -0.4 is 5.32 Å². The summed E-state index contributed by atoms with van der Waals surface area (Å²) in [5, 5.41) is 11.5. The third-order valence-corrected chi connectivity index (χ3v) is 3.60. The number of nitrogens with one attached hydrogen (secondary N) is 1. The van der Waals surface area contributed by atoms with Crippen LogP contribution in [-0.4, -0.2) is 42.9 Å². The van der Waals surface area contributed by atoms with Gasteiger partial charge in [0.1, 0.15) is 13.2 Å². The molecule has 0 bridgehead atoms. The van der Waals surface area contributed by atoms with Crippen LogP contribution in [0.2, 0.25) is 0 Å². The number of carboxylic acids is 1. The molecular weight excluding hydrogens is 278 g/mol. The molecule has 0 atom stereocenters. The zero-order valence-electron chi connectivity index (χ0n) is 12.3. The van der Waals surface area contributed by atoms with Crippen molar-refractivity contribution >= 4 is 18.0 Å². The monoisotopic (exact) mass is 301 g/mol. The Morgan fingerprint density at radius 1 is 1.10 bits per heavy atom. The molecule has 0 unspecified atom stereocenters. The minimum atomic E-state index is -0.734. The molecule has 0 saturated heterocycles. The van der Waals surface area contributed by atoms with Crippen molar-refractivity contribution in [3.8, 4) is 0 Å². The van der Waals surface area contributed by atoms with Crippen LogP contribution in [0.5, 0.6) is 0 Å². The third kappa shape index (κ3) is 6.97. The quantitative estimate of drug-likeness (QED) is 0.546. The third-order valence-electron chi connectivity index (χ3n) is 3.60. The number of carboxylic acid groups (broad SMARTS) is 1. The van der Waals surface area contributed by atoms with E-state index in [4.69, 9.17) is 14.6 Å². The maximum Gasteiger partial charge on any atom is 0.407 e. The number of aliphatic carboxylic acids is 1. The number of alkyl carbamates (subject to hydrolysis) is 1. The first kappa shape index (κ1) is 17.3. The topological polar surface area (TPSA) is 102 Å². The number of hydrogen-bond donors (Lipinski definition) is 2. The zero-order valence-corrected chi connectivity index (χ0v) is 12.3. The van der Waals surface area contributed by atoms with Crippen molar-refractivity contribution in [1.29, 1.82) is 0 Å². The van der Waals surface area contributed by atoms with Crippen LogP contribution in [0.4, 0.5) is 4.79 Å². The fourth-order valence-electron chi connectivity index (χ4n) is 2.28. The van der Waals surface area contributed by atoms with Gasteiger partial charge in [0.25, 0.3) is 0 Å².